The molecule has 0 aliphatic rings. The largest absolute Gasteiger partial charge is 0.494 e. The summed E-state index contributed by atoms with van der Waals surface area (Å²) < 4.78 is 22.2. The molecule has 1 N–H and O–H groups in total. The Morgan fingerprint density at radius 3 is 2.25 bits per heavy atom. The molecule has 8 heteroatoms. The Balaban J connectivity index is 1.57. The smallest absolute Gasteiger partial charge is 0.343 e. The number of hydrogen-bond acceptors (Lipinski definition) is 7. The lowest BCUT2D eigenvalue weighted by Gasteiger charge is -2.12. The van der Waals surface area contributed by atoms with Gasteiger partial charge in [0.1, 0.15) is 11.5 Å². The van der Waals surface area contributed by atoms with E-state index in [1.807, 2.05) is 32.9 Å². The lowest BCUT2D eigenvalue weighted by molar-refractivity contribution is -0.123. The van der Waals surface area contributed by atoms with Crippen LogP contribution in [0.4, 0.5) is 0 Å². The average Bonchev–Trinajstić information content (AvgIpc) is 2.89. The summed E-state index contributed by atoms with van der Waals surface area (Å²) in [7, 11) is 0. The zero-order chi connectivity index (χ0) is 25.8. The molecule has 0 bridgehead atoms. The van der Waals surface area contributed by atoms with E-state index in [1.54, 1.807) is 54.6 Å². The molecule has 0 saturated heterocycles. The van der Waals surface area contributed by atoms with Gasteiger partial charge in [-0.1, -0.05) is 24.6 Å². The summed E-state index contributed by atoms with van der Waals surface area (Å²) in [5, 5.41) is 3.96. The van der Waals surface area contributed by atoms with Gasteiger partial charge >= 0.3 is 5.97 Å². The molecule has 0 unspecified atom stereocenters. The molecule has 1 amide bonds. The molecule has 8 nitrogen and oxygen atoms in total. The maximum atomic E-state index is 12.6. The van der Waals surface area contributed by atoms with Crippen LogP contribution in [0.3, 0.4) is 0 Å². The van der Waals surface area contributed by atoms with Crippen LogP contribution in [0.5, 0.6) is 23.0 Å². The van der Waals surface area contributed by atoms with Crippen molar-refractivity contribution < 1.29 is 28.5 Å². The van der Waals surface area contributed by atoms with E-state index in [0.29, 0.717) is 41.6 Å². The van der Waals surface area contributed by atoms with E-state index >= 15 is 0 Å². The number of benzene rings is 3. The maximum Gasteiger partial charge on any atom is 0.343 e. The van der Waals surface area contributed by atoms with Crippen molar-refractivity contribution in [1.29, 1.82) is 0 Å². The number of rotatable bonds is 12. The van der Waals surface area contributed by atoms with Crippen LogP contribution >= 0.6 is 0 Å². The molecule has 0 radical (unpaired) electrons. The van der Waals surface area contributed by atoms with Crippen molar-refractivity contribution in [2.24, 2.45) is 5.10 Å². The van der Waals surface area contributed by atoms with Gasteiger partial charge in [0.15, 0.2) is 18.1 Å². The fourth-order valence-electron chi connectivity index (χ4n) is 3.02. The summed E-state index contributed by atoms with van der Waals surface area (Å²) in [4.78, 5) is 24.6. The molecule has 0 aliphatic heterocycles. The SMILES string of the molecule is CCCOc1ccc(C(=O)Oc2ccc(/C=N\NC(=O)COc3ccc(C)cc3)cc2OCC)cc1. The summed E-state index contributed by atoms with van der Waals surface area (Å²) in [5.74, 6) is 1.05. The third-order valence-electron chi connectivity index (χ3n) is 4.83. The van der Waals surface area contributed by atoms with Gasteiger partial charge in [-0.15, -0.1) is 0 Å². The van der Waals surface area contributed by atoms with Gasteiger partial charge in [-0.3, -0.25) is 4.79 Å². The Morgan fingerprint density at radius 2 is 1.56 bits per heavy atom. The summed E-state index contributed by atoms with van der Waals surface area (Å²) in [5.41, 5.74) is 4.57. The van der Waals surface area contributed by atoms with Crippen LogP contribution in [0.15, 0.2) is 71.8 Å². The van der Waals surface area contributed by atoms with Crippen molar-refractivity contribution >= 4 is 18.1 Å². The molecule has 0 aliphatic carbocycles. The lowest BCUT2D eigenvalue weighted by atomic mass is 10.2. The second-order valence-corrected chi connectivity index (χ2v) is 7.80. The van der Waals surface area contributed by atoms with Gasteiger partial charge in [0.2, 0.25) is 0 Å². The molecule has 0 heterocycles. The van der Waals surface area contributed by atoms with E-state index in [0.717, 1.165) is 12.0 Å². The van der Waals surface area contributed by atoms with Crippen molar-refractivity contribution in [3.63, 3.8) is 0 Å². The van der Waals surface area contributed by atoms with Gasteiger partial charge in [-0.25, -0.2) is 10.2 Å². The van der Waals surface area contributed by atoms with Crippen molar-refractivity contribution in [2.75, 3.05) is 19.8 Å². The molecular formula is C28H30N2O6. The first-order valence-electron chi connectivity index (χ1n) is 11.7. The zero-order valence-corrected chi connectivity index (χ0v) is 20.7. The number of aryl methyl sites for hydroxylation is 1. The van der Waals surface area contributed by atoms with E-state index in [-0.39, 0.29) is 12.4 Å². The highest BCUT2D eigenvalue weighted by Crippen LogP contribution is 2.29. The Kier molecular flexibility index (Phi) is 9.88. The van der Waals surface area contributed by atoms with Gasteiger partial charge in [0, 0.05) is 0 Å². The summed E-state index contributed by atoms with van der Waals surface area (Å²) in [6.07, 6.45) is 2.37. The minimum atomic E-state index is -0.514. The second-order valence-electron chi connectivity index (χ2n) is 7.80. The molecule has 0 spiro atoms. The molecule has 0 fully saturated rings. The Morgan fingerprint density at radius 1 is 0.861 bits per heavy atom. The van der Waals surface area contributed by atoms with Crippen LogP contribution in [0.1, 0.15) is 41.8 Å². The van der Waals surface area contributed by atoms with Crippen LogP contribution in [0.25, 0.3) is 0 Å². The predicted octanol–water partition coefficient (Wildman–Crippen LogP) is 4.93. The first-order chi connectivity index (χ1) is 17.5. The van der Waals surface area contributed by atoms with Crippen molar-refractivity contribution in [3.05, 3.63) is 83.4 Å². The van der Waals surface area contributed by atoms with E-state index in [1.165, 1.54) is 6.21 Å². The van der Waals surface area contributed by atoms with Crippen LogP contribution in [-0.4, -0.2) is 37.9 Å². The van der Waals surface area contributed by atoms with Gasteiger partial charge in [-0.2, -0.15) is 5.10 Å². The normalized spacial score (nSPS) is 10.6. The molecule has 188 valence electrons. The van der Waals surface area contributed by atoms with Gasteiger partial charge < -0.3 is 18.9 Å². The van der Waals surface area contributed by atoms with Crippen LogP contribution < -0.4 is 24.4 Å². The number of nitrogens with one attached hydrogen (secondary N) is 1. The van der Waals surface area contributed by atoms with Crippen molar-refractivity contribution in [2.45, 2.75) is 27.2 Å². The molecule has 0 saturated carbocycles. The standard InChI is InChI=1S/C28H30N2O6/c1-4-16-34-23-13-9-22(10-14-23)28(32)36-25-15-8-21(17-26(25)33-5-2)18-29-30-27(31)19-35-24-11-6-20(3)7-12-24/h6-15,17-18H,4-5,16,19H2,1-3H3,(H,30,31)/b29-18-. The zero-order valence-electron chi connectivity index (χ0n) is 20.7. The number of carbonyl (C=O) groups excluding carboxylic acids is 2. The third kappa shape index (κ3) is 8.16. The minimum absolute atomic E-state index is 0.162. The molecule has 3 rings (SSSR count). The second kappa shape index (κ2) is 13.5. The van der Waals surface area contributed by atoms with Crippen LogP contribution in [0, 0.1) is 6.92 Å². The molecule has 0 atom stereocenters. The molecule has 3 aromatic carbocycles. The van der Waals surface area contributed by atoms with E-state index < -0.39 is 11.9 Å². The van der Waals surface area contributed by atoms with Gasteiger partial charge in [-0.05, 0) is 80.4 Å². The number of amides is 1. The van der Waals surface area contributed by atoms with E-state index in [9.17, 15) is 9.59 Å². The average molecular weight is 491 g/mol. The first-order valence-corrected chi connectivity index (χ1v) is 11.7. The van der Waals surface area contributed by atoms with Crippen LogP contribution in [0.2, 0.25) is 0 Å². The number of esters is 1. The molecule has 36 heavy (non-hydrogen) atoms. The highest BCUT2D eigenvalue weighted by Gasteiger charge is 2.13. The first kappa shape index (κ1) is 26.3. The Labute approximate surface area is 210 Å². The number of hydrazone groups is 1. The molecule has 0 aromatic heterocycles. The maximum absolute atomic E-state index is 12.6. The third-order valence-corrected chi connectivity index (χ3v) is 4.83. The number of ether oxygens (including phenoxy) is 4. The lowest BCUT2D eigenvalue weighted by Crippen LogP contribution is -2.24. The van der Waals surface area contributed by atoms with Gasteiger partial charge in [0.05, 0.1) is 25.0 Å². The molecular weight excluding hydrogens is 460 g/mol. The topological polar surface area (TPSA) is 95.5 Å². The fourth-order valence-corrected chi connectivity index (χ4v) is 3.02. The van der Waals surface area contributed by atoms with Crippen molar-refractivity contribution in [3.8, 4) is 23.0 Å². The molecule has 3 aromatic rings. The number of hydrogen-bond donors (Lipinski definition) is 1. The minimum Gasteiger partial charge on any atom is -0.494 e. The number of nitrogens with zero attached hydrogens (tertiary/aromatic N) is 1. The quantitative estimate of drug-likeness (QED) is 0.167. The van der Waals surface area contributed by atoms with Crippen molar-refractivity contribution in [1.82, 2.24) is 5.43 Å². The number of carbonyl (C=O) groups is 2. The Bertz CT molecular complexity index is 1170. The summed E-state index contributed by atoms with van der Waals surface area (Å²) >= 11 is 0. The van der Waals surface area contributed by atoms with Crippen LogP contribution in [-0.2, 0) is 4.79 Å². The monoisotopic (exact) mass is 490 g/mol. The Hall–Kier alpha value is -4.33. The summed E-state index contributed by atoms with van der Waals surface area (Å²) in [6.45, 7) is 6.66. The van der Waals surface area contributed by atoms with Gasteiger partial charge in [0.25, 0.3) is 5.91 Å². The van der Waals surface area contributed by atoms with E-state index in [4.69, 9.17) is 18.9 Å². The van der Waals surface area contributed by atoms with E-state index in [2.05, 4.69) is 10.5 Å². The fraction of sp³-hybridized carbons (Fsp3) is 0.250. The highest BCUT2D eigenvalue weighted by atomic mass is 16.6. The summed E-state index contributed by atoms with van der Waals surface area (Å²) in [6, 6.07) is 19.2. The predicted molar refractivity (Wildman–Crippen MR) is 137 cm³/mol. The highest BCUT2D eigenvalue weighted by molar-refractivity contribution is 5.92.